The Morgan fingerprint density at radius 1 is 1.15 bits per heavy atom. The number of ether oxygens (including phenoxy) is 2. The summed E-state index contributed by atoms with van der Waals surface area (Å²) in [4.78, 5) is 26.6. The molecule has 0 radical (unpaired) electrons. The highest BCUT2D eigenvalue weighted by molar-refractivity contribution is 5.99. The number of anilines is 1. The summed E-state index contributed by atoms with van der Waals surface area (Å²) in [6, 6.07) is 13.1. The third kappa shape index (κ3) is 2.87. The lowest BCUT2D eigenvalue weighted by Crippen LogP contribution is -2.37. The lowest BCUT2D eigenvalue weighted by atomic mass is 9.89. The highest BCUT2D eigenvalue weighted by Crippen LogP contribution is 2.36. The number of nitrogens with zero attached hydrogens (tertiary/aromatic N) is 1. The molecule has 2 aliphatic heterocycles. The van der Waals surface area contributed by atoms with Crippen LogP contribution in [0.15, 0.2) is 42.5 Å². The Labute approximate surface area is 151 Å². The van der Waals surface area contributed by atoms with Gasteiger partial charge < -0.3 is 19.7 Å². The maximum atomic E-state index is 12.7. The van der Waals surface area contributed by atoms with Crippen LogP contribution in [-0.2, 0) is 4.79 Å². The molecule has 2 aromatic rings. The van der Waals surface area contributed by atoms with Crippen molar-refractivity contribution < 1.29 is 19.1 Å². The molecule has 2 aromatic carbocycles. The number of carbonyl (C=O) groups is 2. The predicted octanol–water partition coefficient (Wildman–Crippen LogP) is 2.34. The van der Waals surface area contributed by atoms with Crippen molar-refractivity contribution in [2.45, 2.75) is 12.3 Å². The maximum absolute atomic E-state index is 12.7. The van der Waals surface area contributed by atoms with E-state index in [2.05, 4.69) is 5.32 Å². The van der Waals surface area contributed by atoms with Crippen LogP contribution in [0.4, 0.5) is 5.69 Å². The summed E-state index contributed by atoms with van der Waals surface area (Å²) in [7, 11) is 1.78. The Morgan fingerprint density at radius 2 is 1.96 bits per heavy atom. The minimum atomic E-state index is -0.226. The van der Waals surface area contributed by atoms with E-state index in [1.165, 1.54) is 0 Å². The molecule has 2 aliphatic rings. The highest BCUT2D eigenvalue weighted by atomic mass is 16.6. The molecule has 26 heavy (non-hydrogen) atoms. The van der Waals surface area contributed by atoms with E-state index >= 15 is 0 Å². The summed E-state index contributed by atoms with van der Waals surface area (Å²) < 4.78 is 11.1. The second kappa shape index (κ2) is 6.71. The summed E-state index contributed by atoms with van der Waals surface area (Å²) in [5, 5.41) is 2.95. The first kappa shape index (κ1) is 16.4. The summed E-state index contributed by atoms with van der Waals surface area (Å²) in [5.74, 6) is 0.850. The van der Waals surface area contributed by atoms with E-state index < -0.39 is 0 Å². The minimum absolute atomic E-state index is 0.0458. The number of para-hydroxylation sites is 2. The summed E-state index contributed by atoms with van der Waals surface area (Å²) >= 11 is 0. The van der Waals surface area contributed by atoms with Crippen molar-refractivity contribution in [2.24, 2.45) is 0 Å². The van der Waals surface area contributed by atoms with Gasteiger partial charge in [0.1, 0.15) is 13.2 Å². The Balaban J connectivity index is 1.52. The van der Waals surface area contributed by atoms with Crippen LogP contribution >= 0.6 is 0 Å². The topological polar surface area (TPSA) is 67.9 Å². The summed E-state index contributed by atoms with van der Waals surface area (Å²) in [5.41, 5.74) is 2.43. The van der Waals surface area contributed by atoms with Crippen molar-refractivity contribution in [1.82, 2.24) is 5.32 Å². The Bertz CT molecular complexity index is 865. The standard InChI is InChI=1S/C20H20N2O4/c1-22-16-7-3-2-5-14(16)13(11-18(22)23)12-21-20(24)15-6-4-8-17-19(15)26-10-9-25-17/h2-8,13H,9-12H2,1H3,(H,21,24). The van der Waals surface area contributed by atoms with Gasteiger partial charge in [-0.05, 0) is 23.8 Å². The molecule has 0 saturated heterocycles. The normalized spacial score (nSPS) is 18.3. The molecule has 0 fully saturated rings. The number of nitrogens with one attached hydrogen (secondary N) is 1. The van der Waals surface area contributed by atoms with Crippen molar-refractivity contribution >= 4 is 17.5 Å². The fourth-order valence-electron chi connectivity index (χ4n) is 3.48. The number of hydrogen-bond acceptors (Lipinski definition) is 4. The van der Waals surface area contributed by atoms with Crippen molar-refractivity contribution in [3.63, 3.8) is 0 Å². The van der Waals surface area contributed by atoms with E-state index in [0.717, 1.165) is 11.3 Å². The molecule has 0 aliphatic carbocycles. The summed E-state index contributed by atoms with van der Waals surface area (Å²) in [6.45, 7) is 1.29. The third-order valence-electron chi connectivity index (χ3n) is 4.85. The Hall–Kier alpha value is -3.02. The number of fused-ring (bicyclic) bond motifs is 2. The first-order valence-corrected chi connectivity index (χ1v) is 8.67. The van der Waals surface area contributed by atoms with Crippen molar-refractivity contribution in [3.05, 3.63) is 53.6 Å². The van der Waals surface area contributed by atoms with E-state index in [-0.39, 0.29) is 17.7 Å². The molecule has 4 rings (SSSR count). The average molecular weight is 352 g/mol. The van der Waals surface area contributed by atoms with Crippen molar-refractivity contribution in [1.29, 1.82) is 0 Å². The van der Waals surface area contributed by atoms with Crippen molar-refractivity contribution in [2.75, 3.05) is 31.7 Å². The zero-order chi connectivity index (χ0) is 18.1. The molecule has 1 atom stereocenters. The molecular weight excluding hydrogens is 332 g/mol. The minimum Gasteiger partial charge on any atom is -0.486 e. The number of amides is 2. The molecule has 2 amide bonds. The van der Waals surface area contributed by atoms with Gasteiger partial charge in [0.05, 0.1) is 5.56 Å². The first-order valence-electron chi connectivity index (χ1n) is 8.67. The van der Waals surface area contributed by atoms with E-state index in [0.29, 0.717) is 43.2 Å². The van der Waals surface area contributed by atoms with Gasteiger partial charge in [-0.3, -0.25) is 9.59 Å². The molecule has 6 heteroatoms. The van der Waals surface area contributed by atoms with Gasteiger partial charge in [0.2, 0.25) is 5.91 Å². The molecule has 2 heterocycles. The maximum Gasteiger partial charge on any atom is 0.255 e. The van der Waals surface area contributed by atoms with Gasteiger partial charge in [0, 0.05) is 31.6 Å². The molecule has 6 nitrogen and oxygen atoms in total. The van der Waals surface area contributed by atoms with E-state index in [1.54, 1.807) is 30.1 Å². The average Bonchev–Trinajstić information content (AvgIpc) is 2.69. The van der Waals surface area contributed by atoms with Crippen LogP contribution in [0.1, 0.15) is 28.3 Å². The molecule has 1 unspecified atom stereocenters. The fourth-order valence-corrected chi connectivity index (χ4v) is 3.48. The lowest BCUT2D eigenvalue weighted by Gasteiger charge is -2.31. The molecule has 0 spiro atoms. The molecular formula is C20H20N2O4. The zero-order valence-corrected chi connectivity index (χ0v) is 14.5. The van der Waals surface area contributed by atoms with Gasteiger partial charge >= 0.3 is 0 Å². The number of hydrogen-bond donors (Lipinski definition) is 1. The molecule has 1 N–H and O–H groups in total. The summed E-state index contributed by atoms with van der Waals surface area (Å²) in [6.07, 6.45) is 0.375. The Kier molecular flexibility index (Phi) is 4.24. The third-order valence-corrected chi connectivity index (χ3v) is 4.85. The largest absolute Gasteiger partial charge is 0.486 e. The molecule has 0 saturated carbocycles. The fraction of sp³-hybridized carbons (Fsp3) is 0.300. The molecule has 0 aromatic heterocycles. The number of rotatable bonds is 3. The van der Waals surface area contributed by atoms with E-state index in [9.17, 15) is 9.59 Å². The van der Waals surface area contributed by atoms with Crippen LogP contribution in [-0.4, -0.2) is 38.6 Å². The Morgan fingerprint density at radius 3 is 2.85 bits per heavy atom. The predicted molar refractivity (Wildman–Crippen MR) is 97.0 cm³/mol. The second-order valence-electron chi connectivity index (χ2n) is 6.45. The monoisotopic (exact) mass is 352 g/mol. The smallest absolute Gasteiger partial charge is 0.255 e. The van der Waals surface area contributed by atoms with Gasteiger partial charge in [-0.2, -0.15) is 0 Å². The lowest BCUT2D eigenvalue weighted by molar-refractivity contribution is -0.119. The van der Waals surface area contributed by atoms with Crippen LogP contribution in [0, 0.1) is 0 Å². The zero-order valence-electron chi connectivity index (χ0n) is 14.5. The van der Waals surface area contributed by atoms with Crippen LogP contribution in [0.5, 0.6) is 11.5 Å². The van der Waals surface area contributed by atoms with Crippen LogP contribution < -0.4 is 19.7 Å². The highest BCUT2D eigenvalue weighted by Gasteiger charge is 2.29. The van der Waals surface area contributed by atoms with Gasteiger partial charge in [0.15, 0.2) is 11.5 Å². The van der Waals surface area contributed by atoms with Crippen molar-refractivity contribution in [3.8, 4) is 11.5 Å². The van der Waals surface area contributed by atoms with Gasteiger partial charge in [-0.25, -0.2) is 0 Å². The quantitative estimate of drug-likeness (QED) is 0.921. The van der Waals surface area contributed by atoms with Crippen LogP contribution in [0.2, 0.25) is 0 Å². The SMILES string of the molecule is CN1C(=O)CC(CNC(=O)c2cccc3c2OCCO3)c2ccccc21. The molecule has 0 bridgehead atoms. The van der Waals surface area contributed by atoms with Crippen LogP contribution in [0.25, 0.3) is 0 Å². The van der Waals surface area contributed by atoms with Gasteiger partial charge in [-0.1, -0.05) is 24.3 Å². The van der Waals surface area contributed by atoms with Gasteiger partial charge in [0.25, 0.3) is 5.91 Å². The van der Waals surface area contributed by atoms with E-state index in [1.807, 2.05) is 24.3 Å². The number of carbonyl (C=O) groups excluding carboxylic acids is 2. The first-order chi connectivity index (χ1) is 12.6. The molecule has 134 valence electrons. The van der Waals surface area contributed by atoms with Crippen LogP contribution in [0.3, 0.4) is 0 Å². The second-order valence-corrected chi connectivity index (χ2v) is 6.45. The van der Waals surface area contributed by atoms with Gasteiger partial charge in [-0.15, -0.1) is 0 Å². The van der Waals surface area contributed by atoms with E-state index in [4.69, 9.17) is 9.47 Å². The number of benzene rings is 2.